The zero-order chi connectivity index (χ0) is 22.9. The number of thioether (sulfide) groups is 1. The number of carbonyl (C=O) groups is 1. The molecule has 164 valence electrons. The Labute approximate surface area is 194 Å². The molecule has 0 radical (unpaired) electrons. The summed E-state index contributed by atoms with van der Waals surface area (Å²) in [5.41, 5.74) is 3.89. The molecule has 5 rings (SSSR count). The smallest absolute Gasteiger partial charge is 0.297 e. The largest absolute Gasteiger partial charge is 0.324 e. The fourth-order valence-electron chi connectivity index (χ4n) is 3.85. The van der Waals surface area contributed by atoms with Crippen LogP contribution in [0.15, 0.2) is 82.5 Å². The van der Waals surface area contributed by atoms with Gasteiger partial charge < -0.3 is 5.32 Å². The maximum absolute atomic E-state index is 13.4. The highest BCUT2D eigenvalue weighted by Gasteiger charge is 2.19. The minimum atomic E-state index is -0.368. The van der Waals surface area contributed by atoms with Crippen LogP contribution < -0.4 is 10.9 Å². The number of nitrogens with one attached hydrogen (secondary N) is 1. The molecule has 0 unspecified atom stereocenters. The molecule has 0 aliphatic rings. The standard InChI is InChI=1S/C25H21N5O2S/c1-16-10-12-17(13-11-16)23-27-28-24-25(32)29(20-8-3-4-9-21(20)30(23)24)15-22(31)26-18-6-5-7-19(14-18)33-2/h3-14H,15H2,1-2H3,(H,26,31). The fourth-order valence-corrected chi connectivity index (χ4v) is 4.31. The predicted octanol–water partition coefficient (Wildman–Crippen LogP) is 4.38. The van der Waals surface area contributed by atoms with E-state index in [9.17, 15) is 9.59 Å². The number of carbonyl (C=O) groups excluding carboxylic acids is 1. The van der Waals surface area contributed by atoms with Crippen LogP contribution in [-0.2, 0) is 11.3 Å². The Morgan fingerprint density at radius 1 is 0.970 bits per heavy atom. The molecular formula is C25H21N5O2S. The molecule has 8 heteroatoms. The summed E-state index contributed by atoms with van der Waals surface area (Å²) in [6, 6.07) is 23.0. The molecule has 0 aliphatic heterocycles. The van der Waals surface area contributed by atoms with Crippen LogP contribution >= 0.6 is 11.8 Å². The van der Waals surface area contributed by atoms with Crippen molar-refractivity contribution in [2.24, 2.45) is 0 Å². The number of aryl methyl sites for hydroxylation is 1. The number of anilines is 1. The van der Waals surface area contributed by atoms with Crippen LogP contribution in [0.5, 0.6) is 0 Å². The van der Waals surface area contributed by atoms with Gasteiger partial charge in [-0.2, -0.15) is 0 Å². The Kier molecular flexibility index (Phi) is 5.43. The SMILES string of the molecule is CSc1cccc(NC(=O)Cn2c(=O)c3nnc(-c4ccc(C)cc4)n3c3ccccc32)c1. The Bertz CT molecular complexity index is 1550. The zero-order valence-electron chi connectivity index (χ0n) is 18.1. The quantitative estimate of drug-likeness (QED) is 0.398. The van der Waals surface area contributed by atoms with E-state index in [1.54, 1.807) is 16.2 Å². The lowest BCUT2D eigenvalue weighted by Crippen LogP contribution is -2.29. The Hall–Kier alpha value is -3.91. The second kappa shape index (κ2) is 8.55. The molecule has 0 saturated heterocycles. The van der Waals surface area contributed by atoms with Gasteiger partial charge in [-0.25, -0.2) is 0 Å². The summed E-state index contributed by atoms with van der Waals surface area (Å²) in [6.45, 7) is 1.88. The van der Waals surface area contributed by atoms with Gasteiger partial charge in [0.15, 0.2) is 5.82 Å². The van der Waals surface area contributed by atoms with Crippen LogP contribution in [0.25, 0.3) is 28.1 Å². The van der Waals surface area contributed by atoms with E-state index in [0.29, 0.717) is 17.0 Å². The van der Waals surface area contributed by atoms with Crippen LogP contribution in [0.1, 0.15) is 5.56 Å². The minimum absolute atomic E-state index is 0.133. The summed E-state index contributed by atoms with van der Waals surface area (Å²) in [5.74, 6) is 0.298. The lowest BCUT2D eigenvalue weighted by Gasteiger charge is -2.13. The second-order valence-corrected chi connectivity index (χ2v) is 8.59. The van der Waals surface area contributed by atoms with Gasteiger partial charge in [0, 0.05) is 16.1 Å². The Morgan fingerprint density at radius 3 is 2.48 bits per heavy atom. The highest BCUT2D eigenvalue weighted by atomic mass is 32.2. The zero-order valence-corrected chi connectivity index (χ0v) is 19.0. The first-order valence-corrected chi connectivity index (χ1v) is 11.7. The third kappa shape index (κ3) is 3.89. The number of aromatic nitrogens is 4. The molecule has 3 aromatic carbocycles. The van der Waals surface area contributed by atoms with Gasteiger partial charge in [0.2, 0.25) is 11.6 Å². The fraction of sp³-hybridized carbons (Fsp3) is 0.120. The first kappa shape index (κ1) is 21.0. The monoisotopic (exact) mass is 455 g/mol. The van der Waals surface area contributed by atoms with Crippen LogP contribution in [-0.4, -0.2) is 31.3 Å². The normalized spacial score (nSPS) is 11.2. The van der Waals surface area contributed by atoms with Crippen LogP contribution in [0.4, 0.5) is 5.69 Å². The van der Waals surface area contributed by atoms with E-state index in [1.807, 2.05) is 86.0 Å². The number of para-hydroxylation sites is 2. The summed E-state index contributed by atoms with van der Waals surface area (Å²) in [7, 11) is 0. The van der Waals surface area contributed by atoms with Gasteiger partial charge in [0.25, 0.3) is 5.56 Å². The molecule has 2 heterocycles. The van der Waals surface area contributed by atoms with E-state index in [1.165, 1.54) is 4.57 Å². The average Bonchev–Trinajstić information content (AvgIpc) is 3.28. The number of fused-ring (bicyclic) bond motifs is 3. The third-order valence-electron chi connectivity index (χ3n) is 5.48. The van der Waals surface area contributed by atoms with E-state index in [4.69, 9.17) is 0 Å². The topological polar surface area (TPSA) is 81.3 Å². The van der Waals surface area contributed by atoms with Gasteiger partial charge in [-0.05, 0) is 43.5 Å². The molecule has 0 atom stereocenters. The summed E-state index contributed by atoms with van der Waals surface area (Å²) in [5, 5.41) is 11.4. The molecule has 0 bridgehead atoms. The predicted molar refractivity (Wildman–Crippen MR) is 132 cm³/mol. The summed E-state index contributed by atoms with van der Waals surface area (Å²) in [4.78, 5) is 27.3. The highest BCUT2D eigenvalue weighted by Crippen LogP contribution is 2.23. The molecule has 2 aromatic heterocycles. The second-order valence-electron chi connectivity index (χ2n) is 7.71. The van der Waals surface area contributed by atoms with Gasteiger partial charge in [-0.15, -0.1) is 22.0 Å². The van der Waals surface area contributed by atoms with Crippen molar-refractivity contribution in [1.29, 1.82) is 0 Å². The lowest BCUT2D eigenvalue weighted by molar-refractivity contribution is -0.116. The maximum Gasteiger partial charge on any atom is 0.297 e. The molecule has 1 amide bonds. The minimum Gasteiger partial charge on any atom is -0.324 e. The number of hydrogen-bond acceptors (Lipinski definition) is 5. The lowest BCUT2D eigenvalue weighted by atomic mass is 10.1. The molecule has 5 aromatic rings. The van der Waals surface area contributed by atoms with Crippen molar-refractivity contribution in [2.75, 3.05) is 11.6 Å². The first-order chi connectivity index (χ1) is 16.0. The van der Waals surface area contributed by atoms with Crippen molar-refractivity contribution in [3.63, 3.8) is 0 Å². The summed E-state index contributed by atoms with van der Waals surface area (Å²) < 4.78 is 3.21. The molecule has 0 spiro atoms. The molecule has 0 saturated carbocycles. The molecular weight excluding hydrogens is 434 g/mol. The van der Waals surface area contributed by atoms with Crippen molar-refractivity contribution in [2.45, 2.75) is 18.4 Å². The number of nitrogens with zero attached hydrogens (tertiary/aromatic N) is 4. The van der Waals surface area contributed by atoms with Crippen molar-refractivity contribution in [3.8, 4) is 11.4 Å². The molecule has 1 N–H and O–H groups in total. The van der Waals surface area contributed by atoms with Gasteiger partial charge in [-0.1, -0.05) is 48.0 Å². The Morgan fingerprint density at radius 2 is 1.73 bits per heavy atom. The van der Waals surface area contributed by atoms with Crippen molar-refractivity contribution in [3.05, 3.63) is 88.7 Å². The average molecular weight is 456 g/mol. The van der Waals surface area contributed by atoms with Crippen molar-refractivity contribution >= 4 is 40.0 Å². The maximum atomic E-state index is 13.4. The van der Waals surface area contributed by atoms with Gasteiger partial charge in [-0.3, -0.25) is 18.6 Å². The van der Waals surface area contributed by atoms with Gasteiger partial charge >= 0.3 is 0 Å². The van der Waals surface area contributed by atoms with Crippen LogP contribution in [0, 0.1) is 6.92 Å². The van der Waals surface area contributed by atoms with E-state index >= 15 is 0 Å². The molecule has 0 fully saturated rings. The van der Waals surface area contributed by atoms with Crippen molar-refractivity contribution < 1.29 is 4.79 Å². The van der Waals surface area contributed by atoms with E-state index in [0.717, 1.165) is 21.5 Å². The van der Waals surface area contributed by atoms with E-state index in [-0.39, 0.29) is 23.7 Å². The summed E-state index contributed by atoms with van der Waals surface area (Å²) in [6.07, 6.45) is 1.98. The molecule has 0 aliphatic carbocycles. The van der Waals surface area contributed by atoms with Crippen LogP contribution in [0.2, 0.25) is 0 Å². The highest BCUT2D eigenvalue weighted by molar-refractivity contribution is 7.98. The van der Waals surface area contributed by atoms with E-state index in [2.05, 4.69) is 15.5 Å². The van der Waals surface area contributed by atoms with Gasteiger partial charge in [0.1, 0.15) is 6.54 Å². The number of hydrogen-bond donors (Lipinski definition) is 1. The summed E-state index contributed by atoms with van der Waals surface area (Å²) >= 11 is 1.60. The van der Waals surface area contributed by atoms with Gasteiger partial charge in [0.05, 0.1) is 11.0 Å². The molecule has 33 heavy (non-hydrogen) atoms. The Balaban J connectivity index is 1.60. The number of benzene rings is 3. The van der Waals surface area contributed by atoms with E-state index < -0.39 is 0 Å². The van der Waals surface area contributed by atoms with Crippen molar-refractivity contribution in [1.82, 2.24) is 19.2 Å². The molecule has 7 nitrogen and oxygen atoms in total. The first-order valence-electron chi connectivity index (χ1n) is 10.4. The number of rotatable bonds is 5. The third-order valence-corrected chi connectivity index (χ3v) is 6.20. The van der Waals surface area contributed by atoms with Crippen LogP contribution in [0.3, 0.4) is 0 Å². The number of amides is 1.